The van der Waals surface area contributed by atoms with E-state index in [1.165, 1.54) is 17.5 Å². The second-order valence-electron chi connectivity index (χ2n) is 5.44. The minimum Gasteiger partial charge on any atom is -0.383 e. The molecule has 18 heavy (non-hydrogen) atoms. The Hall–Kier alpha value is -0.860. The van der Waals surface area contributed by atoms with Crippen LogP contribution in [0.1, 0.15) is 31.4 Å². The molecule has 0 amide bonds. The number of hydrogen-bond donors (Lipinski definition) is 1. The van der Waals surface area contributed by atoms with Gasteiger partial charge in [-0.25, -0.2) is 0 Å². The lowest BCUT2D eigenvalue weighted by molar-refractivity contribution is 0.191. The Morgan fingerprint density at radius 1 is 1.28 bits per heavy atom. The van der Waals surface area contributed by atoms with Crippen LogP contribution in [0.5, 0.6) is 0 Å². The van der Waals surface area contributed by atoms with Crippen LogP contribution in [0.3, 0.4) is 0 Å². The largest absolute Gasteiger partial charge is 0.383 e. The normalized spacial score (nSPS) is 14.4. The fourth-order valence-corrected chi connectivity index (χ4v) is 2.15. The zero-order valence-corrected chi connectivity index (χ0v) is 12.3. The van der Waals surface area contributed by atoms with Crippen LogP contribution < -0.4 is 5.32 Å². The summed E-state index contributed by atoms with van der Waals surface area (Å²) >= 11 is 0. The van der Waals surface area contributed by atoms with Crippen molar-refractivity contribution in [3.63, 3.8) is 0 Å². The topological polar surface area (TPSA) is 21.3 Å². The minimum absolute atomic E-state index is 0.319. The Morgan fingerprint density at radius 2 is 2.00 bits per heavy atom. The molecule has 0 aliphatic rings. The van der Waals surface area contributed by atoms with Gasteiger partial charge in [0.25, 0.3) is 0 Å². The van der Waals surface area contributed by atoms with E-state index in [1.807, 2.05) is 0 Å². The van der Waals surface area contributed by atoms with Crippen molar-refractivity contribution in [3.8, 4) is 0 Å². The van der Waals surface area contributed by atoms with E-state index in [4.69, 9.17) is 4.74 Å². The number of rotatable bonds is 8. The van der Waals surface area contributed by atoms with E-state index in [0.717, 1.165) is 26.1 Å². The van der Waals surface area contributed by atoms with E-state index >= 15 is 0 Å². The van der Waals surface area contributed by atoms with Gasteiger partial charge in [0, 0.05) is 20.2 Å². The molecule has 1 unspecified atom stereocenters. The average Bonchev–Trinajstić information content (AvgIpc) is 2.38. The summed E-state index contributed by atoms with van der Waals surface area (Å²) in [6, 6.07) is 8.69. The van der Waals surface area contributed by atoms with Gasteiger partial charge >= 0.3 is 0 Å². The molecule has 0 saturated heterocycles. The molecule has 0 bridgehead atoms. The molecule has 0 heterocycles. The first-order chi connectivity index (χ1) is 8.61. The summed E-state index contributed by atoms with van der Waals surface area (Å²) in [5.41, 5.74) is 3.18. The fraction of sp³-hybridized carbons (Fsp3) is 0.625. The number of hydrogen-bond acceptors (Lipinski definition) is 2. The van der Waals surface area contributed by atoms with Crippen molar-refractivity contribution in [2.75, 3.05) is 26.8 Å². The van der Waals surface area contributed by atoms with Crippen LogP contribution in [0.25, 0.3) is 0 Å². The Kier molecular flexibility index (Phi) is 6.37. The number of aryl methyl sites for hydroxylation is 1. The van der Waals surface area contributed by atoms with Gasteiger partial charge in [-0.2, -0.15) is 0 Å². The summed E-state index contributed by atoms with van der Waals surface area (Å²) in [6.45, 7) is 9.59. The maximum atomic E-state index is 5.07. The quantitative estimate of drug-likeness (QED) is 0.714. The molecule has 1 aromatic carbocycles. The van der Waals surface area contributed by atoms with Gasteiger partial charge in [0.15, 0.2) is 0 Å². The summed E-state index contributed by atoms with van der Waals surface area (Å²) in [7, 11) is 1.74. The molecule has 0 aromatic heterocycles. The van der Waals surface area contributed by atoms with Crippen molar-refractivity contribution < 1.29 is 4.74 Å². The molecule has 0 aliphatic heterocycles. The molecule has 102 valence electrons. The summed E-state index contributed by atoms with van der Waals surface area (Å²) in [6.07, 6.45) is 2.32. The summed E-state index contributed by atoms with van der Waals surface area (Å²) in [5, 5.41) is 3.49. The van der Waals surface area contributed by atoms with Gasteiger partial charge in [0.2, 0.25) is 0 Å². The first kappa shape index (κ1) is 15.2. The molecule has 1 atom stereocenters. The Balaban J connectivity index is 2.56. The van der Waals surface area contributed by atoms with Crippen molar-refractivity contribution in [1.29, 1.82) is 0 Å². The predicted molar refractivity (Wildman–Crippen MR) is 78.0 cm³/mol. The first-order valence-electron chi connectivity index (χ1n) is 6.85. The molecule has 0 aliphatic carbocycles. The smallest absolute Gasteiger partial charge is 0.0587 e. The van der Waals surface area contributed by atoms with E-state index in [-0.39, 0.29) is 0 Å². The van der Waals surface area contributed by atoms with Crippen molar-refractivity contribution in [2.45, 2.75) is 33.6 Å². The van der Waals surface area contributed by atoms with Crippen LogP contribution in [0.4, 0.5) is 0 Å². The van der Waals surface area contributed by atoms with E-state index in [9.17, 15) is 0 Å². The van der Waals surface area contributed by atoms with E-state index in [1.54, 1.807) is 7.11 Å². The number of nitrogens with one attached hydrogen (secondary N) is 1. The Morgan fingerprint density at radius 3 is 2.61 bits per heavy atom. The number of benzene rings is 1. The monoisotopic (exact) mass is 249 g/mol. The van der Waals surface area contributed by atoms with Crippen molar-refractivity contribution in [1.82, 2.24) is 5.32 Å². The SMILES string of the molecule is CCC(C)(CNCCOC)Cc1ccccc1C. The third-order valence-corrected chi connectivity index (χ3v) is 3.77. The third kappa shape index (κ3) is 4.79. The standard InChI is InChI=1S/C16H27NO/c1-5-16(3,13-17-10-11-18-4)12-15-9-7-6-8-14(15)2/h6-9,17H,5,10-13H2,1-4H3. The molecular formula is C16H27NO. The molecule has 2 heteroatoms. The van der Waals surface area contributed by atoms with Crippen LogP contribution in [0.2, 0.25) is 0 Å². The molecule has 0 spiro atoms. The maximum absolute atomic E-state index is 5.07. The summed E-state index contributed by atoms with van der Waals surface area (Å²) in [5.74, 6) is 0. The lowest BCUT2D eigenvalue weighted by Crippen LogP contribution is -2.35. The molecular weight excluding hydrogens is 222 g/mol. The molecule has 1 rings (SSSR count). The lowest BCUT2D eigenvalue weighted by atomic mass is 9.80. The first-order valence-corrected chi connectivity index (χ1v) is 6.85. The van der Waals surface area contributed by atoms with Crippen molar-refractivity contribution in [2.24, 2.45) is 5.41 Å². The lowest BCUT2D eigenvalue weighted by Gasteiger charge is -2.29. The van der Waals surface area contributed by atoms with Gasteiger partial charge < -0.3 is 10.1 Å². The zero-order chi connectivity index (χ0) is 13.4. The average molecular weight is 249 g/mol. The molecule has 0 radical (unpaired) electrons. The molecule has 0 saturated carbocycles. The van der Waals surface area contributed by atoms with Gasteiger partial charge in [0.05, 0.1) is 6.61 Å². The fourth-order valence-electron chi connectivity index (χ4n) is 2.15. The minimum atomic E-state index is 0.319. The van der Waals surface area contributed by atoms with E-state index < -0.39 is 0 Å². The van der Waals surface area contributed by atoms with Gasteiger partial charge in [-0.1, -0.05) is 38.1 Å². The Labute approximate surface area is 112 Å². The number of ether oxygens (including phenoxy) is 1. The molecule has 2 nitrogen and oxygen atoms in total. The van der Waals surface area contributed by atoms with Gasteiger partial charge in [0.1, 0.15) is 0 Å². The molecule has 0 fully saturated rings. The molecule has 1 aromatic rings. The third-order valence-electron chi connectivity index (χ3n) is 3.77. The molecule has 1 N–H and O–H groups in total. The van der Waals surface area contributed by atoms with Crippen molar-refractivity contribution in [3.05, 3.63) is 35.4 Å². The van der Waals surface area contributed by atoms with Crippen molar-refractivity contribution >= 4 is 0 Å². The second kappa shape index (κ2) is 7.55. The van der Waals surface area contributed by atoms with Crippen LogP contribution >= 0.6 is 0 Å². The van der Waals surface area contributed by atoms with E-state index in [0.29, 0.717) is 5.41 Å². The predicted octanol–water partition coefficient (Wildman–Crippen LogP) is 3.19. The number of methoxy groups -OCH3 is 1. The highest BCUT2D eigenvalue weighted by atomic mass is 16.5. The van der Waals surface area contributed by atoms with Gasteiger partial charge in [-0.3, -0.25) is 0 Å². The van der Waals surface area contributed by atoms with Gasteiger partial charge in [-0.15, -0.1) is 0 Å². The summed E-state index contributed by atoms with van der Waals surface area (Å²) in [4.78, 5) is 0. The summed E-state index contributed by atoms with van der Waals surface area (Å²) < 4.78 is 5.07. The van der Waals surface area contributed by atoms with Crippen LogP contribution in [0.15, 0.2) is 24.3 Å². The highest BCUT2D eigenvalue weighted by Gasteiger charge is 2.22. The van der Waals surface area contributed by atoms with Crippen LogP contribution in [-0.4, -0.2) is 26.8 Å². The highest BCUT2D eigenvalue weighted by Crippen LogP contribution is 2.27. The second-order valence-corrected chi connectivity index (χ2v) is 5.44. The van der Waals surface area contributed by atoms with Crippen LogP contribution in [-0.2, 0) is 11.2 Å². The van der Waals surface area contributed by atoms with Crippen LogP contribution in [0, 0.1) is 12.3 Å². The zero-order valence-electron chi connectivity index (χ0n) is 12.3. The highest BCUT2D eigenvalue weighted by molar-refractivity contribution is 5.26. The van der Waals surface area contributed by atoms with E-state index in [2.05, 4.69) is 50.4 Å². The Bertz CT molecular complexity index is 351. The van der Waals surface area contributed by atoms with Gasteiger partial charge in [-0.05, 0) is 36.3 Å². The maximum Gasteiger partial charge on any atom is 0.0587 e.